The van der Waals surface area contributed by atoms with E-state index in [1.165, 1.54) is 0 Å². The number of anilines is 1. The maximum Gasteiger partial charge on any atom is 0.314 e. The van der Waals surface area contributed by atoms with Crippen LogP contribution >= 0.6 is 11.6 Å². The van der Waals surface area contributed by atoms with Crippen molar-refractivity contribution in [2.45, 2.75) is 71.1 Å². The summed E-state index contributed by atoms with van der Waals surface area (Å²) in [5, 5.41) is 12.0. The monoisotopic (exact) mass is 535 g/mol. The number of phenols is 1. The first-order chi connectivity index (χ1) is 17.6. The molecule has 2 atom stereocenters. The summed E-state index contributed by atoms with van der Waals surface area (Å²) in [5.41, 5.74) is 4.88. The van der Waals surface area contributed by atoms with Gasteiger partial charge in [-0.25, -0.2) is 0 Å². The molecule has 0 heterocycles. The number of halogens is 1. The molecule has 0 saturated heterocycles. The summed E-state index contributed by atoms with van der Waals surface area (Å²) in [6.07, 6.45) is 0. The van der Waals surface area contributed by atoms with Crippen molar-refractivity contribution >= 4 is 23.3 Å². The summed E-state index contributed by atoms with van der Waals surface area (Å²) in [7, 11) is 4.01. The standard InChI is InChI=1S/C33H42ClNO3/c1-10-38-31(37)29(22-12-11-13-24(34)18-22)28(21-14-16-25(17-15-21)35(8)9)23-19-26(32(2,3)4)30(36)27(20-23)33(5,6)7/h11-20,28-29,36H,10H2,1-9H3. The van der Waals surface area contributed by atoms with E-state index in [1.54, 1.807) is 0 Å². The van der Waals surface area contributed by atoms with Gasteiger partial charge in [-0.3, -0.25) is 4.79 Å². The molecule has 0 aliphatic rings. The Bertz CT molecular complexity index is 1230. The third-order valence-electron chi connectivity index (χ3n) is 6.96. The first-order valence-electron chi connectivity index (χ1n) is 13.2. The highest BCUT2D eigenvalue weighted by Gasteiger charge is 2.36. The zero-order valence-corrected chi connectivity index (χ0v) is 25.0. The van der Waals surface area contributed by atoms with Crippen LogP contribution in [-0.2, 0) is 20.4 Å². The Balaban J connectivity index is 2.41. The number of aromatic hydroxyl groups is 1. The Labute approximate surface area is 233 Å². The molecule has 38 heavy (non-hydrogen) atoms. The van der Waals surface area contributed by atoms with E-state index < -0.39 is 5.92 Å². The number of benzene rings is 3. The van der Waals surface area contributed by atoms with Gasteiger partial charge in [0.2, 0.25) is 0 Å². The van der Waals surface area contributed by atoms with E-state index in [9.17, 15) is 9.90 Å². The van der Waals surface area contributed by atoms with Crippen LogP contribution in [0.1, 0.15) is 88.1 Å². The third kappa shape index (κ3) is 6.53. The highest BCUT2D eigenvalue weighted by atomic mass is 35.5. The summed E-state index contributed by atoms with van der Waals surface area (Å²) in [6.45, 7) is 14.7. The van der Waals surface area contributed by atoms with Gasteiger partial charge in [0, 0.05) is 30.7 Å². The summed E-state index contributed by atoms with van der Waals surface area (Å²) in [4.78, 5) is 15.8. The maximum absolute atomic E-state index is 13.7. The Morgan fingerprint density at radius 3 is 1.87 bits per heavy atom. The molecular weight excluding hydrogens is 494 g/mol. The van der Waals surface area contributed by atoms with E-state index in [0.29, 0.717) is 10.8 Å². The Morgan fingerprint density at radius 2 is 1.42 bits per heavy atom. The fraction of sp³-hybridized carbons (Fsp3) is 0.424. The molecular formula is C33H42ClNO3. The molecule has 0 amide bonds. The number of rotatable bonds is 7. The van der Waals surface area contributed by atoms with Crippen molar-refractivity contribution in [3.8, 4) is 5.75 Å². The number of carbonyl (C=O) groups excluding carboxylic acids is 1. The zero-order valence-electron chi connectivity index (χ0n) is 24.2. The fourth-order valence-corrected chi connectivity index (χ4v) is 5.13. The smallest absolute Gasteiger partial charge is 0.314 e. The highest BCUT2D eigenvalue weighted by molar-refractivity contribution is 6.30. The van der Waals surface area contributed by atoms with E-state index in [4.69, 9.17) is 16.3 Å². The van der Waals surface area contributed by atoms with Crippen LogP contribution in [0.15, 0.2) is 60.7 Å². The van der Waals surface area contributed by atoms with Gasteiger partial charge in [0.25, 0.3) is 0 Å². The number of esters is 1. The van der Waals surface area contributed by atoms with Crippen molar-refractivity contribution in [1.82, 2.24) is 0 Å². The summed E-state index contributed by atoms with van der Waals surface area (Å²) in [5.74, 6) is -0.999. The van der Waals surface area contributed by atoms with Gasteiger partial charge in [0.05, 0.1) is 12.5 Å². The molecule has 5 heteroatoms. The number of carbonyl (C=O) groups is 1. The SMILES string of the molecule is CCOC(=O)C(c1cccc(Cl)c1)C(c1ccc(N(C)C)cc1)c1cc(C(C)(C)C)c(O)c(C(C)(C)C)c1. The fourth-order valence-electron chi connectivity index (χ4n) is 4.93. The second-order valence-electron chi connectivity index (χ2n) is 12.2. The minimum Gasteiger partial charge on any atom is -0.507 e. The summed E-state index contributed by atoms with van der Waals surface area (Å²) in [6, 6.07) is 19.9. The average Bonchev–Trinajstić information content (AvgIpc) is 2.81. The lowest BCUT2D eigenvalue weighted by Crippen LogP contribution is -2.25. The molecule has 1 N–H and O–H groups in total. The van der Waals surface area contributed by atoms with Crippen LogP contribution in [0.4, 0.5) is 5.69 Å². The molecule has 0 radical (unpaired) electrons. The number of hydrogen-bond donors (Lipinski definition) is 1. The molecule has 0 aliphatic carbocycles. The number of nitrogens with zero attached hydrogens (tertiary/aromatic N) is 1. The first kappa shape index (κ1) is 29.6. The quantitative estimate of drug-likeness (QED) is 0.310. The lowest BCUT2D eigenvalue weighted by molar-refractivity contribution is -0.145. The van der Waals surface area contributed by atoms with Crippen molar-refractivity contribution < 1.29 is 14.6 Å². The van der Waals surface area contributed by atoms with E-state index in [0.717, 1.165) is 33.5 Å². The van der Waals surface area contributed by atoms with Gasteiger partial charge in [0.15, 0.2) is 0 Å². The number of phenolic OH excluding ortho intramolecular Hbond substituents is 1. The summed E-state index contributed by atoms with van der Waals surface area (Å²) < 4.78 is 5.66. The van der Waals surface area contributed by atoms with Crippen LogP contribution in [0.2, 0.25) is 5.02 Å². The van der Waals surface area contributed by atoms with E-state index in [1.807, 2.05) is 45.3 Å². The molecule has 0 aliphatic heterocycles. The molecule has 3 aromatic carbocycles. The second kappa shape index (κ2) is 11.4. The van der Waals surface area contributed by atoms with Gasteiger partial charge in [-0.1, -0.05) is 89.5 Å². The van der Waals surface area contributed by atoms with E-state index >= 15 is 0 Å². The minimum absolute atomic E-state index is 0.276. The maximum atomic E-state index is 13.7. The molecule has 4 nitrogen and oxygen atoms in total. The Hall–Kier alpha value is -2.98. The molecule has 0 spiro atoms. The minimum atomic E-state index is -0.635. The number of hydrogen-bond acceptors (Lipinski definition) is 4. The van der Waals surface area contributed by atoms with Crippen molar-refractivity contribution in [2.24, 2.45) is 0 Å². The van der Waals surface area contributed by atoms with Crippen LogP contribution in [-0.4, -0.2) is 31.8 Å². The predicted octanol–water partition coefficient (Wildman–Crippen LogP) is 8.19. The van der Waals surface area contributed by atoms with Gasteiger partial charge in [-0.15, -0.1) is 0 Å². The van der Waals surface area contributed by atoms with Gasteiger partial charge in [-0.2, -0.15) is 0 Å². The first-order valence-corrected chi connectivity index (χ1v) is 13.6. The average molecular weight is 536 g/mol. The van der Waals surface area contributed by atoms with Gasteiger partial charge >= 0.3 is 5.97 Å². The zero-order chi connectivity index (χ0) is 28.4. The molecule has 204 valence electrons. The molecule has 2 unspecified atom stereocenters. The van der Waals surface area contributed by atoms with Crippen LogP contribution in [0, 0.1) is 0 Å². The van der Waals surface area contributed by atoms with Crippen molar-refractivity contribution in [3.63, 3.8) is 0 Å². The number of ether oxygens (including phenoxy) is 1. The highest BCUT2D eigenvalue weighted by Crippen LogP contribution is 2.46. The lowest BCUT2D eigenvalue weighted by atomic mass is 9.72. The van der Waals surface area contributed by atoms with Crippen molar-refractivity contribution in [1.29, 1.82) is 0 Å². The topological polar surface area (TPSA) is 49.8 Å². The van der Waals surface area contributed by atoms with Crippen LogP contribution in [0.25, 0.3) is 0 Å². The second-order valence-corrected chi connectivity index (χ2v) is 12.6. The normalized spacial score (nSPS) is 13.6. The molecule has 3 rings (SSSR count). The van der Waals surface area contributed by atoms with Gasteiger partial charge < -0.3 is 14.7 Å². The predicted molar refractivity (Wildman–Crippen MR) is 159 cm³/mol. The van der Waals surface area contributed by atoms with E-state index in [2.05, 4.69) is 82.8 Å². The molecule has 0 aromatic heterocycles. The van der Waals surface area contributed by atoms with Crippen LogP contribution < -0.4 is 4.90 Å². The molecule has 0 saturated carbocycles. The Kier molecular flexibility index (Phi) is 8.88. The van der Waals surface area contributed by atoms with E-state index in [-0.39, 0.29) is 29.3 Å². The van der Waals surface area contributed by atoms with Gasteiger partial charge in [0.1, 0.15) is 5.75 Å². The van der Waals surface area contributed by atoms with Gasteiger partial charge in [-0.05, 0) is 69.8 Å². The lowest BCUT2D eigenvalue weighted by Gasteiger charge is -2.32. The Morgan fingerprint density at radius 1 is 0.868 bits per heavy atom. The molecule has 3 aromatic rings. The van der Waals surface area contributed by atoms with Crippen LogP contribution in [0.5, 0.6) is 5.75 Å². The van der Waals surface area contributed by atoms with Crippen molar-refractivity contribution in [3.05, 3.63) is 93.5 Å². The summed E-state index contributed by atoms with van der Waals surface area (Å²) >= 11 is 6.42. The van der Waals surface area contributed by atoms with Crippen LogP contribution in [0.3, 0.4) is 0 Å². The van der Waals surface area contributed by atoms with Crippen molar-refractivity contribution in [2.75, 3.05) is 25.6 Å². The molecule has 0 bridgehead atoms. The third-order valence-corrected chi connectivity index (χ3v) is 7.19. The molecule has 0 fully saturated rings. The largest absolute Gasteiger partial charge is 0.507 e.